The average Bonchev–Trinajstić information content (AvgIpc) is 2.29. The van der Waals surface area contributed by atoms with Crippen LogP contribution in [0.5, 0.6) is 0 Å². The highest BCUT2D eigenvalue weighted by molar-refractivity contribution is 7.98. The fourth-order valence-electron chi connectivity index (χ4n) is 1.73. The van der Waals surface area contributed by atoms with Crippen molar-refractivity contribution in [2.45, 2.75) is 32.4 Å². The molecule has 1 unspecified atom stereocenters. The van der Waals surface area contributed by atoms with Crippen molar-refractivity contribution in [3.63, 3.8) is 0 Å². The van der Waals surface area contributed by atoms with E-state index in [0.717, 1.165) is 18.7 Å². The first-order valence-electron chi connectivity index (χ1n) is 6.07. The maximum absolute atomic E-state index is 9.99. The second kappa shape index (κ2) is 7.04. The number of hydrogen-bond acceptors (Lipinski definition) is 3. The third kappa shape index (κ3) is 5.57. The van der Waals surface area contributed by atoms with Gasteiger partial charge >= 0.3 is 0 Å². The summed E-state index contributed by atoms with van der Waals surface area (Å²) in [7, 11) is 0. The normalized spacial score (nSPS) is 14.6. The molecule has 0 saturated heterocycles. The van der Waals surface area contributed by atoms with Crippen LogP contribution in [0.15, 0.2) is 24.3 Å². The molecule has 0 heterocycles. The molecule has 0 saturated carbocycles. The van der Waals surface area contributed by atoms with E-state index in [-0.39, 0.29) is 0 Å². The van der Waals surface area contributed by atoms with E-state index in [1.807, 2.05) is 13.2 Å². The van der Waals surface area contributed by atoms with Crippen molar-refractivity contribution in [1.82, 2.24) is 5.32 Å². The molecule has 1 aromatic rings. The maximum Gasteiger partial charge on any atom is 0.0833 e. The van der Waals surface area contributed by atoms with Crippen molar-refractivity contribution in [2.75, 3.05) is 18.6 Å². The highest BCUT2D eigenvalue weighted by Gasteiger charge is 2.18. The molecule has 0 bridgehead atoms. The number of nitrogens with one attached hydrogen (secondary N) is 1. The minimum absolute atomic E-state index is 0.622. The van der Waals surface area contributed by atoms with Crippen LogP contribution in [-0.2, 0) is 13.0 Å². The number of rotatable bonds is 7. The fraction of sp³-hybridized carbons (Fsp3) is 0.571. The summed E-state index contributed by atoms with van der Waals surface area (Å²) in [6.45, 7) is 5.47. The Balaban J connectivity index is 2.35. The molecule has 0 radical (unpaired) electrons. The first-order chi connectivity index (χ1) is 8.07. The highest BCUT2D eigenvalue weighted by atomic mass is 32.2. The van der Waals surface area contributed by atoms with Gasteiger partial charge in [0.2, 0.25) is 0 Å². The van der Waals surface area contributed by atoms with Gasteiger partial charge in [-0.05, 0) is 30.7 Å². The maximum atomic E-state index is 9.99. The quantitative estimate of drug-likeness (QED) is 0.783. The molecule has 1 rings (SSSR count). The number of thioether (sulfide) groups is 1. The molecule has 2 N–H and O–H groups in total. The predicted molar refractivity (Wildman–Crippen MR) is 76.5 cm³/mol. The van der Waals surface area contributed by atoms with Gasteiger partial charge in [-0.1, -0.05) is 31.2 Å². The molecule has 96 valence electrons. The van der Waals surface area contributed by atoms with Crippen molar-refractivity contribution in [3.8, 4) is 0 Å². The van der Waals surface area contributed by atoms with E-state index in [2.05, 4.69) is 36.5 Å². The summed E-state index contributed by atoms with van der Waals surface area (Å²) in [6.07, 6.45) is 3.09. The van der Waals surface area contributed by atoms with E-state index in [9.17, 15) is 5.11 Å². The lowest BCUT2D eigenvalue weighted by molar-refractivity contribution is 0.0846. The van der Waals surface area contributed by atoms with Crippen LogP contribution >= 0.6 is 11.8 Å². The SMILES string of the molecule is CCc1ccc(CNCC(C)(O)CSC)cc1. The van der Waals surface area contributed by atoms with Gasteiger partial charge in [0, 0.05) is 18.8 Å². The summed E-state index contributed by atoms with van der Waals surface area (Å²) in [6, 6.07) is 8.62. The van der Waals surface area contributed by atoms with Crippen molar-refractivity contribution >= 4 is 11.8 Å². The molecule has 17 heavy (non-hydrogen) atoms. The second-order valence-corrected chi connectivity index (χ2v) is 5.57. The highest BCUT2D eigenvalue weighted by Crippen LogP contribution is 2.10. The summed E-state index contributed by atoms with van der Waals surface area (Å²) in [5.41, 5.74) is 2.01. The molecule has 0 aliphatic carbocycles. The average molecular weight is 253 g/mol. The minimum atomic E-state index is -0.622. The lowest BCUT2D eigenvalue weighted by Gasteiger charge is -2.22. The van der Waals surface area contributed by atoms with Crippen LogP contribution in [0.1, 0.15) is 25.0 Å². The Morgan fingerprint density at radius 2 is 1.82 bits per heavy atom. The Morgan fingerprint density at radius 3 is 2.35 bits per heavy atom. The van der Waals surface area contributed by atoms with Crippen LogP contribution in [0.25, 0.3) is 0 Å². The molecule has 1 atom stereocenters. The van der Waals surface area contributed by atoms with Gasteiger partial charge in [0.15, 0.2) is 0 Å². The van der Waals surface area contributed by atoms with Crippen molar-refractivity contribution in [2.24, 2.45) is 0 Å². The molecule has 1 aromatic carbocycles. The monoisotopic (exact) mass is 253 g/mol. The minimum Gasteiger partial charge on any atom is -0.388 e. The van der Waals surface area contributed by atoms with Gasteiger partial charge in [-0.25, -0.2) is 0 Å². The standard InChI is InChI=1S/C14H23NOS/c1-4-12-5-7-13(8-6-12)9-15-10-14(2,16)11-17-3/h5-8,15-16H,4,9-11H2,1-3H3. The van der Waals surface area contributed by atoms with Gasteiger partial charge < -0.3 is 10.4 Å². The van der Waals surface area contributed by atoms with Gasteiger partial charge in [0.1, 0.15) is 0 Å². The molecule has 0 amide bonds. The number of aliphatic hydroxyl groups is 1. The number of aryl methyl sites for hydroxylation is 1. The van der Waals surface area contributed by atoms with Crippen LogP contribution < -0.4 is 5.32 Å². The molecular weight excluding hydrogens is 230 g/mol. The van der Waals surface area contributed by atoms with Crippen LogP contribution in [0.2, 0.25) is 0 Å². The van der Waals surface area contributed by atoms with Gasteiger partial charge in [-0.3, -0.25) is 0 Å². The summed E-state index contributed by atoms with van der Waals surface area (Å²) in [5, 5.41) is 13.3. The van der Waals surface area contributed by atoms with E-state index in [0.29, 0.717) is 6.54 Å². The molecule has 0 aromatic heterocycles. The number of hydrogen-bond donors (Lipinski definition) is 2. The first kappa shape index (κ1) is 14.6. The lowest BCUT2D eigenvalue weighted by Crippen LogP contribution is -2.39. The molecule has 0 fully saturated rings. The Labute approximate surface area is 109 Å². The van der Waals surface area contributed by atoms with Crippen molar-refractivity contribution in [3.05, 3.63) is 35.4 Å². The zero-order valence-electron chi connectivity index (χ0n) is 11.0. The van der Waals surface area contributed by atoms with E-state index in [1.165, 1.54) is 11.1 Å². The van der Waals surface area contributed by atoms with Crippen molar-refractivity contribution < 1.29 is 5.11 Å². The predicted octanol–water partition coefficient (Wildman–Crippen LogP) is 2.45. The van der Waals surface area contributed by atoms with Crippen LogP contribution in [0.3, 0.4) is 0 Å². The summed E-state index contributed by atoms with van der Waals surface area (Å²) >= 11 is 1.67. The summed E-state index contributed by atoms with van der Waals surface area (Å²) in [4.78, 5) is 0. The molecule has 0 spiro atoms. The molecule has 0 aliphatic heterocycles. The first-order valence-corrected chi connectivity index (χ1v) is 7.46. The van der Waals surface area contributed by atoms with Crippen LogP contribution in [0, 0.1) is 0 Å². The molecule has 0 aliphatic rings. The zero-order valence-corrected chi connectivity index (χ0v) is 11.8. The third-order valence-corrected chi connectivity index (χ3v) is 3.63. The van der Waals surface area contributed by atoms with Gasteiger partial charge in [-0.15, -0.1) is 0 Å². The number of benzene rings is 1. The summed E-state index contributed by atoms with van der Waals surface area (Å²) in [5.74, 6) is 0.759. The third-order valence-electron chi connectivity index (χ3n) is 2.72. The van der Waals surface area contributed by atoms with Crippen LogP contribution in [0.4, 0.5) is 0 Å². The molecule has 3 heteroatoms. The zero-order chi connectivity index (χ0) is 12.7. The van der Waals surface area contributed by atoms with E-state index >= 15 is 0 Å². The van der Waals surface area contributed by atoms with Crippen LogP contribution in [-0.4, -0.2) is 29.3 Å². The largest absolute Gasteiger partial charge is 0.388 e. The Morgan fingerprint density at radius 1 is 1.24 bits per heavy atom. The lowest BCUT2D eigenvalue weighted by atomic mass is 10.1. The van der Waals surface area contributed by atoms with E-state index in [4.69, 9.17) is 0 Å². The van der Waals surface area contributed by atoms with E-state index < -0.39 is 5.60 Å². The second-order valence-electron chi connectivity index (χ2n) is 4.70. The molecular formula is C14H23NOS. The van der Waals surface area contributed by atoms with Crippen molar-refractivity contribution in [1.29, 1.82) is 0 Å². The van der Waals surface area contributed by atoms with Gasteiger partial charge in [-0.2, -0.15) is 11.8 Å². The smallest absolute Gasteiger partial charge is 0.0833 e. The molecule has 2 nitrogen and oxygen atoms in total. The van der Waals surface area contributed by atoms with Gasteiger partial charge in [0.25, 0.3) is 0 Å². The Kier molecular flexibility index (Phi) is 6.03. The fourth-order valence-corrected chi connectivity index (χ4v) is 2.45. The van der Waals surface area contributed by atoms with E-state index in [1.54, 1.807) is 11.8 Å². The summed E-state index contributed by atoms with van der Waals surface area (Å²) < 4.78 is 0. The van der Waals surface area contributed by atoms with Gasteiger partial charge in [0.05, 0.1) is 5.60 Å². The topological polar surface area (TPSA) is 32.3 Å². The Bertz CT molecular complexity index is 321. The Hall–Kier alpha value is -0.510.